The maximum Gasteiger partial charge on any atom is 0.270 e. The fourth-order valence-electron chi connectivity index (χ4n) is 3.00. The molecule has 0 saturated carbocycles. The van der Waals surface area contributed by atoms with Gasteiger partial charge < -0.3 is 15.7 Å². The second-order valence-electron chi connectivity index (χ2n) is 6.50. The van der Waals surface area contributed by atoms with Gasteiger partial charge in [-0.3, -0.25) is 14.6 Å². The molecule has 0 fully saturated rings. The highest BCUT2D eigenvalue weighted by Gasteiger charge is 2.21. The van der Waals surface area contributed by atoms with E-state index in [0.29, 0.717) is 11.2 Å². The van der Waals surface area contributed by atoms with Gasteiger partial charge in [0.25, 0.3) is 5.91 Å². The van der Waals surface area contributed by atoms with Crippen LogP contribution >= 0.6 is 0 Å². The lowest BCUT2D eigenvalue weighted by atomic mass is 10.2. The Kier molecular flexibility index (Phi) is 5.13. The zero-order chi connectivity index (χ0) is 20.2. The minimum absolute atomic E-state index is 0.173. The number of pyridine rings is 2. The van der Waals surface area contributed by atoms with E-state index in [1.165, 1.54) is 0 Å². The molecule has 144 valence electrons. The SMILES string of the molecule is O=C(N[C@@H](CO)C(=O)Nc1ccc2ncccc2c1)c1ccc2ccccc2n1. The van der Waals surface area contributed by atoms with Gasteiger partial charge in [-0.05, 0) is 36.4 Å². The van der Waals surface area contributed by atoms with Gasteiger partial charge in [-0.1, -0.05) is 30.3 Å². The van der Waals surface area contributed by atoms with E-state index in [9.17, 15) is 14.7 Å². The Morgan fingerprint density at radius 2 is 1.76 bits per heavy atom. The molecule has 0 aliphatic carbocycles. The third-order valence-corrected chi connectivity index (χ3v) is 4.51. The van der Waals surface area contributed by atoms with Gasteiger partial charge in [0, 0.05) is 22.7 Å². The van der Waals surface area contributed by atoms with Crippen LogP contribution in [-0.4, -0.2) is 39.5 Å². The number of hydrogen-bond donors (Lipinski definition) is 3. The number of anilines is 1. The molecule has 1 atom stereocenters. The highest BCUT2D eigenvalue weighted by molar-refractivity contribution is 6.02. The largest absolute Gasteiger partial charge is 0.394 e. The molecule has 7 heteroatoms. The summed E-state index contributed by atoms with van der Waals surface area (Å²) < 4.78 is 0. The summed E-state index contributed by atoms with van der Waals surface area (Å²) in [6.07, 6.45) is 1.69. The molecule has 4 aromatic rings. The number of carbonyl (C=O) groups is 2. The Bertz CT molecular complexity index is 1210. The van der Waals surface area contributed by atoms with Crippen LogP contribution in [0.5, 0.6) is 0 Å². The quantitative estimate of drug-likeness (QED) is 0.489. The molecule has 29 heavy (non-hydrogen) atoms. The van der Waals surface area contributed by atoms with Crippen LogP contribution < -0.4 is 10.6 Å². The number of carbonyl (C=O) groups excluding carboxylic acids is 2. The highest BCUT2D eigenvalue weighted by Crippen LogP contribution is 2.17. The van der Waals surface area contributed by atoms with Crippen molar-refractivity contribution in [2.45, 2.75) is 6.04 Å². The van der Waals surface area contributed by atoms with Gasteiger partial charge in [0.2, 0.25) is 5.91 Å². The molecule has 0 radical (unpaired) electrons. The standard InChI is InChI=1S/C22H18N4O3/c27-13-20(22(29)24-16-8-10-17-15(12-16)5-3-11-23-17)26-21(28)19-9-7-14-4-1-2-6-18(14)25-19/h1-12,20,27H,13H2,(H,24,29)(H,26,28)/t20-/m0/s1. The summed E-state index contributed by atoms with van der Waals surface area (Å²) in [5, 5.41) is 16.6. The molecule has 0 saturated heterocycles. The van der Waals surface area contributed by atoms with Crippen molar-refractivity contribution in [2.75, 3.05) is 11.9 Å². The van der Waals surface area contributed by atoms with Crippen LogP contribution in [0.25, 0.3) is 21.8 Å². The van der Waals surface area contributed by atoms with E-state index in [0.717, 1.165) is 16.3 Å². The number of aliphatic hydroxyl groups excluding tert-OH is 1. The molecule has 2 aromatic carbocycles. The molecule has 7 nitrogen and oxygen atoms in total. The number of nitrogens with zero attached hydrogens (tertiary/aromatic N) is 2. The summed E-state index contributed by atoms with van der Waals surface area (Å²) in [4.78, 5) is 33.6. The van der Waals surface area contributed by atoms with Crippen molar-refractivity contribution in [1.29, 1.82) is 0 Å². The van der Waals surface area contributed by atoms with Gasteiger partial charge in [-0.25, -0.2) is 4.98 Å². The first-order chi connectivity index (χ1) is 14.1. The summed E-state index contributed by atoms with van der Waals surface area (Å²) >= 11 is 0. The molecule has 2 aromatic heterocycles. The van der Waals surface area contributed by atoms with Crippen LogP contribution in [0.1, 0.15) is 10.5 Å². The Labute approximate surface area is 166 Å². The molecule has 2 heterocycles. The Morgan fingerprint density at radius 3 is 2.62 bits per heavy atom. The van der Waals surface area contributed by atoms with Gasteiger partial charge in [0.1, 0.15) is 11.7 Å². The molecule has 0 spiro atoms. The smallest absolute Gasteiger partial charge is 0.270 e. The van der Waals surface area contributed by atoms with Crippen molar-refractivity contribution in [3.8, 4) is 0 Å². The first-order valence-corrected chi connectivity index (χ1v) is 9.07. The van der Waals surface area contributed by atoms with Crippen LogP contribution in [0, 0.1) is 0 Å². The van der Waals surface area contributed by atoms with Crippen LogP contribution in [0.15, 0.2) is 72.9 Å². The second kappa shape index (κ2) is 8.04. The van der Waals surface area contributed by atoms with Crippen LogP contribution in [-0.2, 0) is 4.79 Å². The minimum Gasteiger partial charge on any atom is -0.394 e. The third kappa shape index (κ3) is 4.04. The maximum absolute atomic E-state index is 12.5. The maximum atomic E-state index is 12.5. The zero-order valence-corrected chi connectivity index (χ0v) is 15.4. The molecule has 0 aliphatic rings. The third-order valence-electron chi connectivity index (χ3n) is 4.51. The predicted octanol–water partition coefficient (Wildman–Crippen LogP) is 2.51. The van der Waals surface area contributed by atoms with Crippen molar-refractivity contribution >= 4 is 39.3 Å². The van der Waals surface area contributed by atoms with Crippen LogP contribution in [0.2, 0.25) is 0 Å². The lowest BCUT2D eigenvalue weighted by molar-refractivity contribution is -0.118. The molecular formula is C22H18N4O3. The molecule has 4 rings (SSSR count). The van der Waals surface area contributed by atoms with E-state index >= 15 is 0 Å². The molecular weight excluding hydrogens is 368 g/mol. The lowest BCUT2D eigenvalue weighted by Gasteiger charge is -2.16. The summed E-state index contributed by atoms with van der Waals surface area (Å²) in [5.74, 6) is -1.06. The van der Waals surface area contributed by atoms with Gasteiger partial charge in [0.15, 0.2) is 0 Å². The number of hydrogen-bond acceptors (Lipinski definition) is 5. The Hall–Kier alpha value is -3.84. The van der Waals surface area contributed by atoms with E-state index in [2.05, 4.69) is 20.6 Å². The number of para-hydroxylation sites is 1. The van der Waals surface area contributed by atoms with Crippen molar-refractivity contribution in [2.24, 2.45) is 0 Å². The molecule has 0 bridgehead atoms. The average Bonchev–Trinajstić information content (AvgIpc) is 2.76. The summed E-state index contributed by atoms with van der Waals surface area (Å²) in [7, 11) is 0. The molecule has 0 aliphatic heterocycles. The van der Waals surface area contributed by atoms with Crippen molar-refractivity contribution in [1.82, 2.24) is 15.3 Å². The number of aliphatic hydroxyl groups is 1. The lowest BCUT2D eigenvalue weighted by Crippen LogP contribution is -2.46. The second-order valence-corrected chi connectivity index (χ2v) is 6.50. The van der Waals surface area contributed by atoms with Crippen molar-refractivity contribution < 1.29 is 14.7 Å². The molecule has 2 amide bonds. The normalized spacial score (nSPS) is 11.9. The summed E-state index contributed by atoms with van der Waals surface area (Å²) in [6.45, 7) is -0.541. The van der Waals surface area contributed by atoms with Gasteiger partial charge in [-0.15, -0.1) is 0 Å². The number of benzene rings is 2. The van der Waals surface area contributed by atoms with E-state index in [4.69, 9.17) is 0 Å². The number of amides is 2. The predicted molar refractivity (Wildman–Crippen MR) is 110 cm³/mol. The minimum atomic E-state index is -1.11. The Balaban J connectivity index is 1.48. The molecule has 0 unspecified atom stereocenters. The number of fused-ring (bicyclic) bond motifs is 2. The summed E-state index contributed by atoms with van der Waals surface area (Å²) in [6, 6.07) is 18.7. The van der Waals surface area contributed by atoms with Gasteiger partial charge in [0.05, 0.1) is 17.6 Å². The van der Waals surface area contributed by atoms with E-state index < -0.39 is 24.5 Å². The van der Waals surface area contributed by atoms with Crippen LogP contribution in [0.3, 0.4) is 0 Å². The molecule has 3 N–H and O–H groups in total. The van der Waals surface area contributed by atoms with Gasteiger partial charge in [-0.2, -0.15) is 0 Å². The first kappa shape index (κ1) is 18.5. The van der Waals surface area contributed by atoms with Gasteiger partial charge >= 0.3 is 0 Å². The van der Waals surface area contributed by atoms with E-state index in [1.807, 2.05) is 24.3 Å². The monoisotopic (exact) mass is 386 g/mol. The van der Waals surface area contributed by atoms with Crippen molar-refractivity contribution in [3.05, 3.63) is 78.6 Å². The fourth-order valence-corrected chi connectivity index (χ4v) is 3.00. The number of rotatable bonds is 5. The van der Waals surface area contributed by atoms with Crippen LogP contribution in [0.4, 0.5) is 5.69 Å². The Morgan fingerprint density at radius 1 is 0.931 bits per heavy atom. The van der Waals surface area contributed by atoms with E-state index in [-0.39, 0.29) is 5.69 Å². The topological polar surface area (TPSA) is 104 Å². The fraction of sp³-hybridized carbons (Fsp3) is 0.0909. The van der Waals surface area contributed by atoms with Crippen molar-refractivity contribution in [3.63, 3.8) is 0 Å². The summed E-state index contributed by atoms with van der Waals surface area (Å²) in [5.41, 5.74) is 2.20. The zero-order valence-electron chi connectivity index (χ0n) is 15.4. The number of aromatic nitrogens is 2. The average molecular weight is 386 g/mol. The number of nitrogens with one attached hydrogen (secondary N) is 2. The highest BCUT2D eigenvalue weighted by atomic mass is 16.3. The van der Waals surface area contributed by atoms with E-state index in [1.54, 1.807) is 48.7 Å². The first-order valence-electron chi connectivity index (χ1n) is 9.07.